The van der Waals surface area contributed by atoms with Gasteiger partial charge in [0.05, 0.1) is 24.2 Å². The molecule has 0 aromatic heterocycles. The first kappa shape index (κ1) is 14.4. The normalized spacial score (nSPS) is 12.2. The molecule has 1 aromatic rings. The molecule has 100 valence electrons. The number of nitrogens with one attached hydrogen (secondary N) is 1. The van der Waals surface area contributed by atoms with E-state index in [0.29, 0.717) is 12.2 Å². The molecular weight excluding hydrogens is 238 g/mol. The lowest BCUT2D eigenvalue weighted by molar-refractivity contribution is -0.384. The molecule has 3 N–H and O–H groups in total. The number of hydrazine groups is 1. The van der Waals surface area contributed by atoms with Gasteiger partial charge in [-0.15, -0.1) is 0 Å². The van der Waals surface area contributed by atoms with Gasteiger partial charge in [-0.25, -0.2) is 0 Å². The maximum absolute atomic E-state index is 10.8. The van der Waals surface area contributed by atoms with Crippen LogP contribution in [0.15, 0.2) is 18.2 Å². The first-order chi connectivity index (χ1) is 8.58. The molecule has 0 amide bonds. The number of nitrogens with zero attached hydrogens (tertiary/aromatic N) is 1. The van der Waals surface area contributed by atoms with Crippen LogP contribution in [0.2, 0.25) is 0 Å². The molecule has 18 heavy (non-hydrogen) atoms. The summed E-state index contributed by atoms with van der Waals surface area (Å²) < 4.78 is 10.4. The molecule has 0 heterocycles. The molecule has 1 atom stereocenters. The molecule has 7 heteroatoms. The summed E-state index contributed by atoms with van der Waals surface area (Å²) >= 11 is 0. The Balaban J connectivity index is 2.73. The Morgan fingerprint density at radius 3 is 2.83 bits per heavy atom. The van der Waals surface area contributed by atoms with Crippen molar-refractivity contribution in [2.24, 2.45) is 5.84 Å². The summed E-state index contributed by atoms with van der Waals surface area (Å²) in [6.45, 7) is 2.63. The van der Waals surface area contributed by atoms with Gasteiger partial charge in [-0.1, -0.05) is 6.07 Å². The highest BCUT2D eigenvalue weighted by molar-refractivity contribution is 5.61. The maximum atomic E-state index is 10.8. The van der Waals surface area contributed by atoms with E-state index >= 15 is 0 Å². The number of ether oxygens (including phenoxy) is 2. The van der Waals surface area contributed by atoms with Crippen LogP contribution < -0.4 is 11.3 Å². The number of hydrogen-bond donors (Lipinski definition) is 2. The minimum atomic E-state index is -0.489. The van der Waals surface area contributed by atoms with Crippen LogP contribution in [0.4, 0.5) is 11.4 Å². The van der Waals surface area contributed by atoms with E-state index in [4.69, 9.17) is 15.3 Å². The molecule has 0 spiro atoms. The zero-order chi connectivity index (χ0) is 13.5. The second kappa shape index (κ2) is 6.90. The lowest BCUT2D eigenvalue weighted by Crippen LogP contribution is -2.14. The molecule has 1 rings (SSSR count). The van der Waals surface area contributed by atoms with Crippen LogP contribution in [0.3, 0.4) is 0 Å². The largest absolute Gasteiger partial charge is 0.382 e. The summed E-state index contributed by atoms with van der Waals surface area (Å²) in [6.07, 6.45) is -0.0682. The minimum Gasteiger partial charge on any atom is -0.382 e. The van der Waals surface area contributed by atoms with Crippen molar-refractivity contribution >= 4 is 11.4 Å². The van der Waals surface area contributed by atoms with Crippen molar-refractivity contribution in [3.8, 4) is 0 Å². The number of methoxy groups -OCH3 is 1. The summed E-state index contributed by atoms with van der Waals surface area (Å²) in [7, 11) is 1.59. The minimum absolute atomic E-state index is 0.0682. The van der Waals surface area contributed by atoms with Gasteiger partial charge in [0, 0.05) is 13.2 Å². The lowest BCUT2D eigenvalue weighted by Gasteiger charge is -2.12. The van der Waals surface area contributed by atoms with Crippen LogP contribution in [0.1, 0.15) is 12.5 Å². The van der Waals surface area contributed by atoms with Crippen molar-refractivity contribution in [2.75, 3.05) is 19.1 Å². The Kier molecular flexibility index (Phi) is 5.50. The topological polar surface area (TPSA) is 99.7 Å². The molecule has 1 aromatic carbocycles. The molecule has 0 radical (unpaired) electrons. The molecule has 7 nitrogen and oxygen atoms in total. The molecule has 0 aliphatic heterocycles. The van der Waals surface area contributed by atoms with Crippen molar-refractivity contribution < 1.29 is 14.4 Å². The van der Waals surface area contributed by atoms with E-state index in [2.05, 4.69) is 5.43 Å². The summed E-state index contributed by atoms with van der Waals surface area (Å²) in [5.74, 6) is 5.20. The van der Waals surface area contributed by atoms with Crippen LogP contribution in [0.5, 0.6) is 0 Å². The first-order valence-electron chi connectivity index (χ1n) is 5.43. The van der Waals surface area contributed by atoms with Crippen LogP contribution >= 0.6 is 0 Å². The predicted molar refractivity (Wildman–Crippen MR) is 67.0 cm³/mol. The third-order valence-corrected chi connectivity index (χ3v) is 2.35. The van der Waals surface area contributed by atoms with Gasteiger partial charge in [-0.2, -0.15) is 0 Å². The summed E-state index contributed by atoms with van der Waals surface area (Å²) in [6, 6.07) is 4.72. The van der Waals surface area contributed by atoms with Crippen molar-refractivity contribution in [3.05, 3.63) is 33.9 Å². The number of hydrogen-bond acceptors (Lipinski definition) is 6. The number of benzene rings is 1. The average Bonchev–Trinajstić information content (AvgIpc) is 2.36. The first-order valence-corrected chi connectivity index (χ1v) is 5.43. The van der Waals surface area contributed by atoms with E-state index in [1.165, 1.54) is 6.07 Å². The molecule has 0 bridgehead atoms. The van der Waals surface area contributed by atoms with Gasteiger partial charge >= 0.3 is 0 Å². The average molecular weight is 255 g/mol. The Morgan fingerprint density at radius 2 is 2.28 bits per heavy atom. The van der Waals surface area contributed by atoms with Crippen molar-refractivity contribution in [1.82, 2.24) is 0 Å². The summed E-state index contributed by atoms with van der Waals surface area (Å²) in [5, 5.41) is 10.8. The highest BCUT2D eigenvalue weighted by Crippen LogP contribution is 2.25. The highest BCUT2D eigenvalue weighted by atomic mass is 16.6. The fraction of sp³-hybridized carbons (Fsp3) is 0.455. The van der Waals surface area contributed by atoms with Crippen LogP contribution in [-0.4, -0.2) is 24.7 Å². The van der Waals surface area contributed by atoms with Gasteiger partial charge in [-0.05, 0) is 18.6 Å². The van der Waals surface area contributed by atoms with Gasteiger partial charge in [0.2, 0.25) is 0 Å². The smallest absolute Gasteiger partial charge is 0.294 e. The fourth-order valence-corrected chi connectivity index (χ4v) is 1.46. The van der Waals surface area contributed by atoms with Gasteiger partial charge in [-0.3, -0.25) is 16.0 Å². The predicted octanol–water partition coefficient (Wildman–Crippen LogP) is 1.43. The molecule has 0 saturated heterocycles. The summed E-state index contributed by atoms with van der Waals surface area (Å²) in [4.78, 5) is 10.3. The summed E-state index contributed by atoms with van der Waals surface area (Å²) in [5.41, 5.74) is 3.20. The lowest BCUT2D eigenvalue weighted by atomic mass is 10.2. The quantitative estimate of drug-likeness (QED) is 0.434. The number of nitrogen functional groups attached to an aromatic ring is 1. The van der Waals surface area contributed by atoms with E-state index in [9.17, 15) is 10.1 Å². The van der Waals surface area contributed by atoms with Gasteiger partial charge in [0.15, 0.2) is 0 Å². The number of nitro groups is 1. The third-order valence-electron chi connectivity index (χ3n) is 2.35. The Hall–Kier alpha value is -1.70. The molecule has 0 fully saturated rings. The second-order valence-electron chi connectivity index (χ2n) is 3.83. The van der Waals surface area contributed by atoms with Gasteiger partial charge in [0.25, 0.3) is 5.69 Å². The standard InChI is InChI=1S/C11H17N3O4/c1-8(6-17-2)18-7-9-3-4-10(13-12)11(5-9)14(15)16/h3-5,8,13H,6-7,12H2,1-2H3. The number of anilines is 1. The van der Waals surface area contributed by atoms with Crippen molar-refractivity contribution in [3.63, 3.8) is 0 Å². The van der Waals surface area contributed by atoms with Crippen LogP contribution in [0.25, 0.3) is 0 Å². The van der Waals surface area contributed by atoms with Gasteiger partial charge in [0.1, 0.15) is 5.69 Å². The van der Waals surface area contributed by atoms with Crippen molar-refractivity contribution in [1.29, 1.82) is 0 Å². The Morgan fingerprint density at radius 1 is 1.56 bits per heavy atom. The molecule has 0 aliphatic rings. The van der Waals surface area contributed by atoms with E-state index in [-0.39, 0.29) is 24.1 Å². The van der Waals surface area contributed by atoms with Crippen LogP contribution in [-0.2, 0) is 16.1 Å². The zero-order valence-corrected chi connectivity index (χ0v) is 10.4. The van der Waals surface area contributed by atoms with E-state index in [1.54, 1.807) is 19.2 Å². The number of nitro benzene ring substituents is 1. The highest BCUT2D eigenvalue weighted by Gasteiger charge is 2.14. The van der Waals surface area contributed by atoms with Crippen molar-refractivity contribution in [2.45, 2.75) is 19.6 Å². The molecular formula is C11H17N3O4. The van der Waals surface area contributed by atoms with E-state index in [1.807, 2.05) is 6.92 Å². The monoisotopic (exact) mass is 255 g/mol. The SMILES string of the molecule is COCC(C)OCc1ccc(NN)c([N+](=O)[O-])c1. The van der Waals surface area contributed by atoms with Gasteiger partial charge < -0.3 is 14.9 Å². The molecule has 0 aliphatic carbocycles. The molecule has 0 saturated carbocycles. The zero-order valence-electron chi connectivity index (χ0n) is 10.4. The number of nitrogens with two attached hydrogens (primary N) is 1. The van der Waals surface area contributed by atoms with E-state index < -0.39 is 4.92 Å². The second-order valence-corrected chi connectivity index (χ2v) is 3.83. The maximum Gasteiger partial charge on any atom is 0.294 e. The fourth-order valence-electron chi connectivity index (χ4n) is 1.46. The Bertz CT molecular complexity index is 411. The number of rotatable bonds is 7. The molecule has 1 unspecified atom stereocenters. The third kappa shape index (κ3) is 3.95. The van der Waals surface area contributed by atoms with E-state index in [0.717, 1.165) is 0 Å². The van der Waals surface area contributed by atoms with Crippen LogP contribution in [0, 0.1) is 10.1 Å². The Labute approximate surface area is 105 Å².